The maximum absolute atomic E-state index is 11.7. The van der Waals surface area contributed by atoms with Gasteiger partial charge in [0.2, 0.25) is 0 Å². The van der Waals surface area contributed by atoms with E-state index in [4.69, 9.17) is 0 Å². The topological polar surface area (TPSA) is 69.2 Å². The number of aliphatic carboxylic acids is 1. The van der Waals surface area contributed by atoms with Crippen LogP contribution in [0.1, 0.15) is 37.1 Å². The minimum atomic E-state index is -0.906. The van der Waals surface area contributed by atoms with Crippen molar-refractivity contribution in [1.82, 2.24) is 4.57 Å². The zero-order valence-corrected chi connectivity index (χ0v) is 10.3. The van der Waals surface area contributed by atoms with Crippen LogP contribution in [0, 0.1) is 31.9 Å². The number of rotatable bonds is 3. The van der Waals surface area contributed by atoms with Gasteiger partial charge < -0.3 is 10.3 Å². The summed E-state index contributed by atoms with van der Waals surface area (Å²) in [6, 6.07) is -0.686. The molecule has 0 aliphatic rings. The lowest BCUT2D eigenvalue weighted by atomic mass is 10.0. The number of carboxylic acid groups (broad SMARTS) is 1. The van der Waals surface area contributed by atoms with Crippen LogP contribution >= 0.6 is 0 Å². The fourth-order valence-electron chi connectivity index (χ4n) is 2.01. The molecule has 1 atom stereocenters. The first-order valence-electron chi connectivity index (χ1n) is 5.29. The lowest BCUT2D eigenvalue weighted by Crippen LogP contribution is -2.33. The van der Waals surface area contributed by atoms with E-state index in [1.807, 2.05) is 13.8 Å². The van der Waals surface area contributed by atoms with E-state index in [0.29, 0.717) is 17.2 Å². The Kier molecular flexibility index (Phi) is 3.26. The number of hydrogen-bond acceptors (Lipinski definition) is 2. The third-order valence-electron chi connectivity index (χ3n) is 2.99. The Morgan fingerprint density at radius 3 is 2.12 bits per heavy atom. The van der Waals surface area contributed by atoms with Gasteiger partial charge in [-0.2, -0.15) is 0 Å². The Hall–Kier alpha value is -1.52. The molecule has 0 aliphatic heterocycles. The normalized spacial score (nSPS) is 13.1. The quantitative estimate of drug-likeness (QED) is 0.624. The highest BCUT2D eigenvalue weighted by atomic mass is 16.5. The molecule has 1 rings (SSSR count). The van der Waals surface area contributed by atoms with Gasteiger partial charge in [0.05, 0.1) is 0 Å². The van der Waals surface area contributed by atoms with Crippen molar-refractivity contribution in [2.45, 2.75) is 40.7 Å². The Morgan fingerprint density at radius 2 is 1.88 bits per heavy atom. The van der Waals surface area contributed by atoms with Gasteiger partial charge in [-0.3, -0.25) is 0 Å². The van der Waals surface area contributed by atoms with Crippen molar-refractivity contribution in [2.75, 3.05) is 0 Å². The van der Waals surface area contributed by atoms with Gasteiger partial charge in [0, 0.05) is 26.7 Å². The highest BCUT2D eigenvalue weighted by molar-refractivity contribution is 5.72. The summed E-state index contributed by atoms with van der Waals surface area (Å²) < 4.78 is 2.39. The first-order chi connectivity index (χ1) is 7.29. The lowest BCUT2D eigenvalue weighted by Gasteiger charge is -2.15. The minimum Gasteiger partial charge on any atom is -0.711 e. The molecular formula is C11H18N2O3. The molecule has 90 valence electrons. The first-order valence-corrected chi connectivity index (χ1v) is 5.29. The predicted octanol–water partition coefficient (Wildman–Crippen LogP) is 1.33. The lowest BCUT2D eigenvalue weighted by molar-refractivity contribution is -0.618. The number of aromatic nitrogens is 2. The third-order valence-corrected chi connectivity index (χ3v) is 2.99. The van der Waals surface area contributed by atoms with Crippen molar-refractivity contribution in [3.05, 3.63) is 22.4 Å². The zero-order chi connectivity index (χ0) is 12.6. The smallest absolute Gasteiger partial charge is 0.349 e. The zero-order valence-electron chi connectivity index (χ0n) is 10.3. The second kappa shape index (κ2) is 4.15. The molecule has 1 heterocycles. The summed E-state index contributed by atoms with van der Waals surface area (Å²) in [6.07, 6.45) is 0. The first kappa shape index (κ1) is 12.5. The number of carboxylic acids is 1. The predicted molar refractivity (Wildman–Crippen MR) is 59.1 cm³/mol. The Morgan fingerprint density at radius 1 is 1.38 bits per heavy atom. The third kappa shape index (κ3) is 1.77. The summed E-state index contributed by atoms with van der Waals surface area (Å²) >= 11 is 0. The van der Waals surface area contributed by atoms with Gasteiger partial charge in [-0.25, -0.2) is 14.1 Å². The van der Waals surface area contributed by atoms with Crippen LogP contribution in [0.5, 0.6) is 0 Å². The van der Waals surface area contributed by atoms with Crippen LogP contribution in [0.15, 0.2) is 0 Å². The molecule has 0 saturated heterocycles. The van der Waals surface area contributed by atoms with E-state index in [0.717, 1.165) is 4.73 Å². The number of imidazole rings is 1. The van der Waals surface area contributed by atoms with Crippen LogP contribution in [0.3, 0.4) is 0 Å². The molecular weight excluding hydrogens is 208 g/mol. The van der Waals surface area contributed by atoms with E-state index in [9.17, 15) is 15.1 Å². The molecule has 5 nitrogen and oxygen atoms in total. The summed E-state index contributed by atoms with van der Waals surface area (Å²) in [6.45, 7) is 8.79. The molecule has 1 aromatic heterocycles. The van der Waals surface area contributed by atoms with E-state index in [1.54, 1.807) is 25.3 Å². The maximum Gasteiger partial charge on any atom is 0.349 e. The minimum absolute atomic E-state index is 0.0679. The van der Waals surface area contributed by atoms with Crippen LogP contribution < -0.4 is 4.73 Å². The average molecular weight is 226 g/mol. The van der Waals surface area contributed by atoms with E-state index < -0.39 is 12.0 Å². The molecule has 5 heteroatoms. The molecule has 0 radical (unpaired) electrons. The average Bonchev–Trinajstić information content (AvgIpc) is 2.34. The van der Waals surface area contributed by atoms with Crippen LogP contribution in [0.2, 0.25) is 0 Å². The SMILES string of the molecule is Cc1c(C)[n+]([O-])c(C)n1[C@@H](C(=O)O)C(C)C. The van der Waals surface area contributed by atoms with Gasteiger partial charge in [-0.05, 0) is 0 Å². The van der Waals surface area contributed by atoms with Crippen LogP contribution in [0.25, 0.3) is 0 Å². The van der Waals surface area contributed by atoms with E-state index >= 15 is 0 Å². The molecule has 16 heavy (non-hydrogen) atoms. The van der Waals surface area contributed by atoms with Gasteiger partial charge in [-0.15, -0.1) is 0 Å². The number of hydrogen-bond donors (Lipinski definition) is 1. The van der Waals surface area contributed by atoms with Gasteiger partial charge in [-0.1, -0.05) is 13.8 Å². The Labute approximate surface area is 94.9 Å². The summed E-state index contributed by atoms with van der Waals surface area (Å²) in [7, 11) is 0. The molecule has 0 saturated carbocycles. The van der Waals surface area contributed by atoms with Crippen molar-refractivity contribution < 1.29 is 14.6 Å². The fourth-order valence-corrected chi connectivity index (χ4v) is 2.01. The molecule has 1 aromatic rings. The van der Waals surface area contributed by atoms with Gasteiger partial charge >= 0.3 is 5.97 Å². The van der Waals surface area contributed by atoms with Crippen molar-refractivity contribution >= 4 is 5.97 Å². The molecule has 0 aromatic carbocycles. The van der Waals surface area contributed by atoms with Crippen LogP contribution in [0.4, 0.5) is 0 Å². The molecule has 1 N–H and O–H groups in total. The molecule has 0 bridgehead atoms. The van der Waals surface area contributed by atoms with Gasteiger partial charge in [0.25, 0.3) is 5.82 Å². The number of carbonyl (C=O) groups is 1. The largest absolute Gasteiger partial charge is 0.711 e. The summed E-state index contributed by atoms with van der Waals surface area (Å²) in [5, 5.41) is 20.9. The summed E-state index contributed by atoms with van der Waals surface area (Å²) in [5.41, 5.74) is 1.28. The summed E-state index contributed by atoms with van der Waals surface area (Å²) in [4.78, 5) is 11.2. The summed E-state index contributed by atoms with van der Waals surface area (Å²) in [5.74, 6) is -0.547. The monoisotopic (exact) mass is 226 g/mol. The van der Waals surface area contributed by atoms with E-state index in [-0.39, 0.29) is 5.92 Å². The Bertz CT molecular complexity index is 396. The fraction of sp³-hybridized carbons (Fsp3) is 0.636. The molecule has 0 amide bonds. The van der Waals surface area contributed by atoms with Crippen molar-refractivity contribution in [2.24, 2.45) is 5.92 Å². The second-order valence-corrected chi connectivity index (χ2v) is 4.41. The van der Waals surface area contributed by atoms with E-state index in [2.05, 4.69) is 0 Å². The highest BCUT2D eigenvalue weighted by Gasteiger charge is 2.33. The van der Waals surface area contributed by atoms with E-state index in [1.165, 1.54) is 0 Å². The van der Waals surface area contributed by atoms with Gasteiger partial charge in [0.1, 0.15) is 11.4 Å². The van der Waals surface area contributed by atoms with Crippen molar-refractivity contribution in [3.8, 4) is 0 Å². The molecule has 0 unspecified atom stereocenters. The Balaban J connectivity index is 3.41. The maximum atomic E-state index is 11.7. The number of nitrogens with zero attached hydrogens (tertiary/aromatic N) is 2. The highest BCUT2D eigenvalue weighted by Crippen LogP contribution is 2.22. The van der Waals surface area contributed by atoms with Crippen molar-refractivity contribution in [1.29, 1.82) is 0 Å². The second-order valence-electron chi connectivity index (χ2n) is 4.41. The molecule has 0 fully saturated rings. The molecule has 0 aliphatic carbocycles. The van der Waals surface area contributed by atoms with Crippen LogP contribution in [-0.4, -0.2) is 15.6 Å². The van der Waals surface area contributed by atoms with Crippen molar-refractivity contribution in [3.63, 3.8) is 0 Å². The standard InChI is InChI=1S/C11H18N2O3/c1-6(2)10(11(14)15)12-7(3)8(4)13(16)9(12)5/h6,10H,1-5H3,(H,14,15)/t10-/m1/s1. The van der Waals surface area contributed by atoms with Gasteiger partial charge in [0.15, 0.2) is 6.04 Å². The van der Waals surface area contributed by atoms with Crippen LogP contribution in [-0.2, 0) is 4.79 Å². The molecule has 0 spiro atoms.